The van der Waals surface area contributed by atoms with Gasteiger partial charge in [0.1, 0.15) is 18.2 Å². The molecule has 2 atom stereocenters. The fourth-order valence-corrected chi connectivity index (χ4v) is 4.12. The van der Waals surface area contributed by atoms with Crippen molar-refractivity contribution in [2.75, 3.05) is 38.3 Å². The molecule has 8 heteroatoms. The van der Waals surface area contributed by atoms with Crippen molar-refractivity contribution in [3.8, 4) is 11.6 Å². The molecule has 0 bridgehead atoms. The normalized spacial score (nSPS) is 23.4. The third kappa shape index (κ3) is 2.94. The van der Waals surface area contributed by atoms with Crippen LogP contribution < -0.4 is 25.2 Å². The van der Waals surface area contributed by atoms with Crippen molar-refractivity contribution in [2.24, 2.45) is 0 Å². The van der Waals surface area contributed by atoms with Crippen LogP contribution in [0.25, 0.3) is 0 Å². The van der Waals surface area contributed by atoms with Crippen molar-refractivity contribution < 1.29 is 14.3 Å². The Balaban J connectivity index is 1.33. The fourth-order valence-electron chi connectivity index (χ4n) is 4.12. The first-order valence-electron chi connectivity index (χ1n) is 9.54. The van der Waals surface area contributed by atoms with E-state index in [9.17, 15) is 4.79 Å². The van der Waals surface area contributed by atoms with Crippen LogP contribution in [0.4, 0.5) is 10.6 Å². The first-order valence-corrected chi connectivity index (χ1v) is 9.54. The molecule has 0 radical (unpaired) electrons. The Labute approximate surface area is 163 Å². The van der Waals surface area contributed by atoms with Crippen molar-refractivity contribution in [1.82, 2.24) is 20.7 Å². The molecule has 4 heterocycles. The van der Waals surface area contributed by atoms with Crippen LogP contribution in [0.1, 0.15) is 17.0 Å². The second-order valence-corrected chi connectivity index (χ2v) is 7.32. The monoisotopic (exact) mass is 381 g/mol. The highest BCUT2D eigenvalue weighted by Crippen LogP contribution is 2.35. The van der Waals surface area contributed by atoms with E-state index in [0.29, 0.717) is 43.9 Å². The molecule has 2 aromatic rings. The number of rotatable bonds is 4. The molecular weight excluding hydrogens is 358 g/mol. The van der Waals surface area contributed by atoms with Gasteiger partial charge in [-0.05, 0) is 29.8 Å². The van der Waals surface area contributed by atoms with E-state index in [1.54, 1.807) is 12.0 Å². The van der Waals surface area contributed by atoms with Crippen molar-refractivity contribution in [1.29, 1.82) is 0 Å². The van der Waals surface area contributed by atoms with Gasteiger partial charge in [-0.15, -0.1) is 0 Å². The second-order valence-electron chi connectivity index (χ2n) is 7.32. The minimum atomic E-state index is -0.0341. The summed E-state index contributed by atoms with van der Waals surface area (Å²) in [4.78, 5) is 21.1. The molecule has 1 aromatic heterocycles. The van der Waals surface area contributed by atoms with Crippen molar-refractivity contribution >= 4 is 11.8 Å². The summed E-state index contributed by atoms with van der Waals surface area (Å²) in [7, 11) is 1.64. The predicted molar refractivity (Wildman–Crippen MR) is 104 cm³/mol. The van der Waals surface area contributed by atoms with E-state index in [2.05, 4.69) is 15.8 Å². The van der Waals surface area contributed by atoms with Gasteiger partial charge in [-0.3, -0.25) is 15.8 Å². The van der Waals surface area contributed by atoms with Crippen LogP contribution in [0, 0.1) is 0 Å². The zero-order valence-corrected chi connectivity index (χ0v) is 15.7. The topological polar surface area (TPSA) is 79.0 Å². The summed E-state index contributed by atoms with van der Waals surface area (Å²) in [6.45, 7) is 3.27. The molecule has 28 heavy (non-hydrogen) atoms. The number of hydrogen-bond donors (Lipinski definition) is 2. The lowest BCUT2D eigenvalue weighted by molar-refractivity contribution is 0.218. The van der Waals surface area contributed by atoms with Crippen molar-refractivity contribution in [3.05, 3.63) is 47.5 Å². The lowest BCUT2D eigenvalue weighted by atomic mass is 9.92. The Morgan fingerprint density at radius 1 is 1.29 bits per heavy atom. The maximum absolute atomic E-state index is 12.9. The van der Waals surface area contributed by atoms with Gasteiger partial charge in [0.25, 0.3) is 0 Å². The van der Waals surface area contributed by atoms with Crippen LogP contribution in [0.15, 0.2) is 36.4 Å². The number of benzene rings is 1. The van der Waals surface area contributed by atoms with E-state index < -0.39 is 0 Å². The highest BCUT2D eigenvalue weighted by molar-refractivity contribution is 5.93. The van der Waals surface area contributed by atoms with Gasteiger partial charge in [0.15, 0.2) is 0 Å². The quantitative estimate of drug-likeness (QED) is 0.835. The molecule has 1 aromatic carbocycles. The lowest BCUT2D eigenvalue weighted by Crippen LogP contribution is -2.39. The van der Waals surface area contributed by atoms with Gasteiger partial charge in [-0.1, -0.05) is 12.1 Å². The predicted octanol–water partition coefficient (Wildman–Crippen LogP) is 1.48. The van der Waals surface area contributed by atoms with Crippen molar-refractivity contribution in [2.45, 2.75) is 18.5 Å². The summed E-state index contributed by atoms with van der Waals surface area (Å²) in [5.74, 6) is 2.44. The van der Waals surface area contributed by atoms with Crippen molar-refractivity contribution in [3.63, 3.8) is 0 Å². The number of fused-ring (bicyclic) bond motifs is 3. The summed E-state index contributed by atoms with van der Waals surface area (Å²) in [5, 5.41) is 0. The number of urea groups is 1. The number of hydrogen-bond acceptors (Lipinski definition) is 6. The van der Waals surface area contributed by atoms with E-state index in [0.717, 1.165) is 23.4 Å². The standard InChI is InChI=1S/C20H23N5O3/c1-27-14-4-2-3-13(9-14)11-24-7-8-25(20(24)26)18-6-5-15-16-10-21-23-17(16)12-28-19(15)22-18/h2-6,9,16-17,21,23H,7-8,10-12H2,1H3. The summed E-state index contributed by atoms with van der Waals surface area (Å²) in [5.41, 5.74) is 8.55. The number of carbonyl (C=O) groups excluding carboxylic acids is 1. The van der Waals surface area contributed by atoms with Crippen LogP contribution in [0.3, 0.4) is 0 Å². The number of nitrogens with one attached hydrogen (secondary N) is 2. The molecule has 2 fully saturated rings. The van der Waals surface area contributed by atoms with Gasteiger partial charge in [0.05, 0.1) is 13.2 Å². The second kappa shape index (κ2) is 6.96. The third-order valence-corrected chi connectivity index (χ3v) is 5.65. The smallest absolute Gasteiger partial charge is 0.326 e. The molecule has 2 saturated heterocycles. The zero-order chi connectivity index (χ0) is 19.1. The minimum absolute atomic E-state index is 0.0341. The summed E-state index contributed by atoms with van der Waals surface area (Å²) >= 11 is 0. The molecule has 2 N–H and O–H groups in total. The first-order chi connectivity index (χ1) is 13.7. The molecule has 2 amide bonds. The molecule has 0 aliphatic carbocycles. The molecule has 2 unspecified atom stereocenters. The van der Waals surface area contributed by atoms with Crippen LogP contribution in [-0.4, -0.2) is 55.3 Å². The minimum Gasteiger partial charge on any atom is -0.497 e. The number of methoxy groups -OCH3 is 1. The number of carbonyl (C=O) groups is 1. The number of nitrogens with zero attached hydrogens (tertiary/aromatic N) is 3. The van der Waals surface area contributed by atoms with Crippen LogP contribution in [0.5, 0.6) is 11.6 Å². The van der Waals surface area contributed by atoms with Gasteiger partial charge in [-0.2, -0.15) is 4.98 Å². The average molecular weight is 381 g/mol. The Morgan fingerprint density at radius 2 is 2.21 bits per heavy atom. The maximum Gasteiger partial charge on any atom is 0.326 e. The van der Waals surface area contributed by atoms with Gasteiger partial charge in [0.2, 0.25) is 5.88 Å². The number of amides is 2. The fraction of sp³-hybridized carbons (Fsp3) is 0.400. The number of pyridine rings is 1. The molecule has 146 valence electrons. The molecule has 3 aliphatic heterocycles. The molecule has 3 aliphatic rings. The van der Waals surface area contributed by atoms with E-state index in [1.165, 1.54) is 0 Å². The van der Waals surface area contributed by atoms with Gasteiger partial charge < -0.3 is 14.4 Å². The van der Waals surface area contributed by atoms with Crippen LogP contribution in [-0.2, 0) is 6.54 Å². The van der Waals surface area contributed by atoms with Crippen LogP contribution >= 0.6 is 0 Å². The number of hydrazine groups is 1. The summed E-state index contributed by atoms with van der Waals surface area (Å²) in [6, 6.07) is 12.0. The molecule has 0 saturated carbocycles. The highest BCUT2D eigenvalue weighted by Gasteiger charge is 2.37. The SMILES string of the molecule is COc1cccc(CN2CCN(c3ccc4c(n3)OCC3NNCC43)C2=O)c1. The van der Waals surface area contributed by atoms with Gasteiger partial charge >= 0.3 is 6.03 Å². The van der Waals surface area contributed by atoms with Crippen LogP contribution in [0.2, 0.25) is 0 Å². The Bertz CT molecular complexity index is 905. The first kappa shape index (κ1) is 17.3. The Kier molecular flexibility index (Phi) is 4.29. The molecular formula is C20H23N5O3. The third-order valence-electron chi connectivity index (χ3n) is 5.65. The molecule has 0 spiro atoms. The van der Waals surface area contributed by atoms with E-state index in [1.807, 2.05) is 41.3 Å². The Morgan fingerprint density at radius 3 is 3.11 bits per heavy atom. The molecule has 5 rings (SSSR count). The van der Waals surface area contributed by atoms with E-state index in [4.69, 9.17) is 9.47 Å². The maximum atomic E-state index is 12.9. The molecule has 8 nitrogen and oxygen atoms in total. The van der Waals surface area contributed by atoms with Gasteiger partial charge in [0, 0.05) is 37.7 Å². The van der Waals surface area contributed by atoms with E-state index >= 15 is 0 Å². The number of aromatic nitrogens is 1. The average Bonchev–Trinajstić information content (AvgIpc) is 3.35. The largest absolute Gasteiger partial charge is 0.497 e. The van der Waals surface area contributed by atoms with E-state index in [-0.39, 0.29) is 12.1 Å². The summed E-state index contributed by atoms with van der Waals surface area (Å²) in [6.07, 6.45) is 0. The number of anilines is 1. The summed E-state index contributed by atoms with van der Waals surface area (Å²) < 4.78 is 11.1. The highest BCUT2D eigenvalue weighted by atomic mass is 16.5. The van der Waals surface area contributed by atoms with Gasteiger partial charge in [-0.25, -0.2) is 4.79 Å². The number of ether oxygens (including phenoxy) is 2. The zero-order valence-electron chi connectivity index (χ0n) is 15.7. The Hall–Kier alpha value is -2.84. The lowest BCUT2D eigenvalue weighted by Gasteiger charge is -2.27.